The molecule has 0 unspecified atom stereocenters. The van der Waals surface area contributed by atoms with Crippen molar-refractivity contribution in [3.8, 4) is 0 Å². The zero-order valence-corrected chi connectivity index (χ0v) is 9.19. The quantitative estimate of drug-likeness (QED) is 0.540. The molecule has 0 spiro atoms. The topological polar surface area (TPSA) is 98.7 Å². The van der Waals surface area contributed by atoms with E-state index in [1.54, 1.807) is 17.0 Å². The highest BCUT2D eigenvalue weighted by atomic mass is 32.2. The van der Waals surface area contributed by atoms with Crippen LogP contribution in [0.25, 0.3) is 0 Å². The van der Waals surface area contributed by atoms with Gasteiger partial charge < -0.3 is 9.90 Å². The van der Waals surface area contributed by atoms with Gasteiger partial charge in [0.2, 0.25) is 0 Å². The fourth-order valence-corrected chi connectivity index (χ4v) is 1.71. The molecule has 0 fully saturated rings. The largest absolute Gasteiger partial charge is 0.544 e. The van der Waals surface area contributed by atoms with E-state index in [0.717, 1.165) is 5.56 Å². The van der Waals surface area contributed by atoms with Crippen molar-refractivity contribution in [1.29, 1.82) is 0 Å². The van der Waals surface area contributed by atoms with Crippen LogP contribution >= 0.6 is 0 Å². The molecule has 0 aliphatic rings. The molecule has 1 rings (SSSR count). The summed E-state index contributed by atoms with van der Waals surface area (Å²) < 4.78 is 23.0. The van der Waals surface area contributed by atoms with Crippen LogP contribution in [0, 0.1) is 6.92 Å². The Bertz CT molecular complexity index is 505. The predicted octanol–water partition coefficient (Wildman–Crippen LogP) is -0.991. The SMILES string of the molecule is Cc1ccc(S(=O)(=O)N/N=C\C(=O)[O-])cc1. The van der Waals surface area contributed by atoms with Gasteiger partial charge >= 0.3 is 0 Å². The summed E-state index contributed by atoms with van der Waals surface area (Å²) in [6.07, 6.45) is 0.353. The van der Waals surface area contributed by atoms with Crippen LogP contribution in [-0.4, -0.2) is 20.6 Å². The van der Waals surface area contributed by atoms with Gasteiger partial charge in [-0.15, -0.1) is 0 Å². The van der Waals surface area contributed by atoms with Gasteiger partial charge in [0.25, 0.3) is 10.0 Å². The standard InChI is InChI=1S/C9H10N2O4S/c1-7-2-4-8(5-3-7)16(14,15)11-10-6-9(12)13/h2-6,11H,1H3,(H,12,13)/p-1/b10-6-. The van der Waals surface area contributed by atoms with Crippen LogP contribution in [0.5, 0.6) is 0 Å². The van der Waals surface area contributed by atoms with E-state index in [9.17, 15) is 18.3 Å². The van der Waals surface area contributed by atoms with Gasteiger partial charge in [-0.1, -0.05) is 17.7 Å². The molecule has 6 nitrogen and oxygen atoms in total. The van der Waals surface area contributed by atoms with Crippen LogP contribution in [0.3, 0.4) is 0 Å². The van der Waals surface area contributed by atoms with E-state index in [1.165, 1.54) is 12.1 Å². The second-order valence-corrected chi connectivity index (χ2v) is 4.65. The Balaban J connectivity index is 2.86. The summed E-state index contributed by atoms with van der Waals surface area (Å²) in [6, 6.07) is 6.03. The number of aryl methyl sites for hydroxylation is 1. The summed E-state index contributed by atoms with van der Waals surface area (Å²) in [7, 11) is -3.81. The summed E-state index contributed by atoms with van der Waals surface area (Å²) in [5.74, 6) is -1.58. The number of hydrogen-bond donors (Lipinski definition) is 1. The molecule has 0 aromatic heterocycles. The first-order valence-electron chi connectivity index (χ1n) is 4.24. The third kappa shape index (κ3) is 3.35. The minimum atomic E-state index is -3.81. The van der Waals surface area contributed by atoms with Gasteiger partial charge in [0, 0.05) is 0 Å². The monoisotopic (exact) mass is 241 g/mol. The van der Waals surface area contributed by atoms with Crippen molar-refractivity contribution < 1.29 is 18.3 Å². The first-order valence-corrected chi connectivity index (χ1v) is 5.72. The highest BCUT2D eigenvalue weighted by Crippen LogP contribution is 2.09. The number of carboxylic acids is 1. The zero-order valence-electron chi connectivity index (χ0n) is 8.38. The molecule has 1 aromatic carbocycles. The number of nitrogens with one attached hydrogen (secondary N) is 1. The second-order valence-electron chi connectivity index (χ2n) is 2.99. The lowest BCUT2D eigenvalue weighted by molar-refractivity contribution is -0.293. The molecule has 0 radical (unpaired) electrons. The molecule has 0 heterocycles. The van der Waals surface area contributed by atoms with Crippen LogP contribution in [-0.2, 0) is 14.8 Å². The maximum absolute atomic E-state index is 11.5. The number of hydrogen-bond acceptors (Lipinski definition) is 5. The van der Waals surface area contributed by atoms with Crippen LogP contribution in [0.1, 0.15) is 5.56 Å². The van der Waals surface area contributed by atoms with Crippen molar-refractivity contribution >= 4 is 22.2 Å². The number of sulfonamides is 1. The van der Waals surface area contributed by atoms with Gasteiger partial charge in [-0.25, -0.2) is 4.83 Å². The molecule has 1 aromatic rings. The maximum atomic E-state index is 11.5. The summed E-state index contributed by atoms with van der Waals surface area (Å²) in [5, 5.41) is 13.0. The lowest BCUT2D eigenvalue weighted by atomic mass is 10.2. The van der Waals surface area contributed by atoms with Crippen LogP contribution in [0.4, 0.5) is 0 Å². The Morgan fingerprint density at radius 3 is 2.44 bits per heavy atom. The number of hydrazone groups is 1. The first kappa shape index (κ1) is 12.2. The van der Waals surface area contributed by atoms with Crippen molar-refractivity contribution in [3.63, 3.8) is 0 Å². The average molecular weight is 241 g/mol. The van der Waals surface area contributed by atoms with Crippen molar-refractivity contribution in [3.05, 3.63) is 29.8 Å². The van der Waals surface area contributed by atoms with Crippen LogP contribution < -0.4 is 9.94 Å². The highest BCUT2D eigenvalue weighted by Gasteiger charge is 2.11. The lowest BCUT2D eigenvalue weighted by Gasteiger charge is -2.03. The molecule has 0 amide bonds. The van der Waals surface area contributed by atoms with Crippen LogP contribution in [0.2, 0.25) is 0 Å². The van der Waals surface area contributed by atoms with Gasteiger partial charge in [0.15, 0.2) is 0 Å². The molecule has 86 valence electrons. The first-order chi connectivity index (χ1) is 7.42. The summed E-state index contributed by atoms with van der Waals surface area (Å²) >= 11 is 0. The number of carbonyl (C=O) groups excluding carboxylic acids is 1. The van der Waals surface area contributed by atoms with Crippen molar-refractivity contribution in [1.82, 2.24) is 4.83 Å². The van der Waals surface area contributed by atoms with E-state index in [2.05, 4.69) is 5.10 Å². The molecular weight excluding hydrogens is 232 g/mol. The molecule has 0 bridgehead atoms. The smallest absolute Gasteiger partial charge is 0.276 e. The normalized spacial score (nSPS) is 11.6. The van der Waals surface area contributed by atoms with E-state index in [4.69, 9.17) is 0 Å². The molecule has 7 heteroatoms. The zero-order chi connectivity index (χ0) is 12.2. The maximum Gasteiger partial charge on any atom is 0.276 e. The minimum Gasteiger partial charge on any atom is -0.544 e. The Morgan fingerprint density at radius 1 is 1.38 bits per heavy atom. The van der Waals surface area contributed by atoms with Crippen molar-refractivity contribution in [2.45, 2.75) is 11.8 Å². The number of carboxylic acid groups (broad SMARTS) is 1. The summed E-state index contributed by atoms with van der Waals surface area (Å²) in [6.45, 7) is 1.82. The lowest BCUT2D eigenvalue weighted by Crippen LogP contribution is -2.26. The van der Waals surface area contributed by atoms with Gasteiger partial charge in [-0.3, -0.25) is 0 Å². The van der Waals surface area contributed by atoms with Crippen molar-refractivity contribution in [2.24, 2.45) is 5.10 Å². The average Bonchev–Trinajstić information content (AvgIpc) is 2.17. The molecule has 0 aliphatic carbocycles. The third-order valence-corrected chi connectivity index (χ3v) is 2.91. The number of benzene rings is 1. The fourth-order valence-electron chi connectivity index (χ4n) is 0.919. The molecule has 0 saturated carbocycles. The van der Waals surface area contributed by atoms with Crippen molar-refractivity contribution in [2.75, 3.05) is 0 Å². The molecule has 0 atom stereocenters. The molecule has 1 N–H and O–H groups in total. The number of nitrogens with zero attached hydrogens (tertiary/aromatic N) is 1. The van der Waals surface area contributed by atoms with Crippen LogP contribution in [0.15, 0.2) is 34.3 Å². The van der Waals surface area contributed by atoms with Gasteiger partial charge in [-0.2, -0.15) is 13.5 Å². The number of aliphatic carboxylic acids is 1. The predicted molar refractivity (Wildman–Crippen MR) is 55.0 cm³/mol. The van der Waals surface area contributed by atoms with E-state index < -0.39 is 16.0 Å². The summed E-state index contributed by atoms with van der Waals surface area (Å²) in [5.41, 5.74) is 0.914. The highest BCUT2D eigenvalue weighted by molar-refractivity contribution is 7.89. The van der Waals surface area contributed by atoms with E-state index in [0.29, 0.717) is 6.21 Å². The fraction of sp³-hybridized carbons (Fsp3) is 0.111. The van der Waals surface area contributed by atoms with Gasteiger partial charge in [0.1, 0.15) is 0 Å². The summed E-state index contributed by atoms with van der Waals surface area (Å²) in [4.78, 5) is 11.7. The Kier molecular flexibility index (Phi) is 3.62. The number of carbonyl (C=O) groups is 1. The minimum absolute atomic E-state index is 0.00796. The van der Waals surface area contributed by atoms with E-state index in [-0.39, 0.29) is 4.90 Å². The third-order valence-electron chi connectivity index (χ3n) is 1.67. The Labute approximate surface area is 92.7 Å². The molecule has 0 aliphatic heterocycles. The number of rotatable bonds is 4. The van der Waals surface area contributed by atoms with Gasteiger partial charge in [-0.05, 0) is 19.1 Å². The van der Waals surface area contributed by atoms with Gasteiger partial charge in [0.05, 0.1) is 17.1 Å². The Hall–Kier alpha value is -1.89. The molecular formula is C9H9N2O4S-. The van der Waals surface area contributed by atoms with E-state index >= 15 is 0 Å². The molecule has 0 saturated heterocycles. The second kappa shape index (κ2) is 4.75. The Morgan fingerprint density at radius 2 is 1.94 bits per heavy atom. The molecule has 16 heavy (non-hydrogen) atoms. The van der Waals surface area contributed by atoms with E-state index in [1.807, 2.05) is 6.92 Å².